The van der Waals surface area contributed by atoms with E-state index in [0.29, 0.717) is 29.6 Å². The van der Waals surface area contributed by atoms with Gasteiger partial charge in [0.2, 0.25) is 17.4 Å². The van der Waals surface area contributed by atoms with Gasteiger partial charge in [0.15, 0.2) is 11.6 Å². The molecule has 2 aromatic rings. The third-order valence-electron chi connectivity index (χ3n) is 4.02. The van der Waals surface area contributed by atoms with Gasteiger partial charge in [-0.1, -0.05) is 0 Å². The average Bonchev–Trinajstić information content (AvgIpc) is 2.70. The molecule has 0 saturated carbocycles. The maximum absolute atomic E-state index is 14.1. The number of benzene rings is 2. The maximum atomic E-state index is 14.1. The third kappa shape index (κ3) is 4.38. The summed E-state index contributed by atoms with van der Waals surface area (Å²) in [6, 6.07) is 4.13. The number of halogens is 5. The largest absolute Gasteiger partial charge is 0.458 e. The van der Waals surface area contributed by atoms with E-state index < -0.39 is 39.9 Å². The van der Waals surface area contributed by atoms with Crippen LogP contribution < -0.4 is 4.74 Å². The summed E-state index contributed by atoms with van der Waals surface area (Å²) in [6.45, 7) is 0.886. The van der Waals surface area contributed by atoms with E-state index in [9.17, 15) is 22.4 Å². The zero-order valence-corrected chi connectivity index (χ0v) is 17.2. The molecule has 1 saturated heterocycles. The van der Waals surface area contributed by atoms with Crippen LogP contribution in [0.1, 0.15) is 23.2 Å². The standard InChI is InChI=1S/C18H13F4IO4S/c19-12-14(21)17(28)15(22)13(20)16(12)27-11-2-1-8(23)7-10(11)18(24)26-9-3-5-25-6-4-9/h1-2,7,9,28H,3-6H2. The normalized spacial score (nSPS) is 14.8. The maximum Gasteiger partial charge on any atom is 0.342 e. The molecule has 1 aliphatic rings. The van der Waals surface area contributed by atoms with E-state index in [4.69, 9.17) is 14.2 Å². The van der Waals surface area contributed by atoms with Gasteiger partial charge in [0.05, 0.1) is 18.1 Å². The summed E-state index contributed by atoms with van der Waals surface area (Å²) in [5, 5.41) is 0. The number of thiol groups is 1. The number of hydrogen-bond donors (Lipinski definition) is 1. The summed E-state index contributed by atoms with van der Waals surface area (Å²) in [4.78, 5) is 11.4. The highest BCUT2D eigenvalue weighted by Gasteiger charge is 2.28. The van der Waals surface area contributed by atoms with E-state index in [-0.39, 0.29) is 17.4 Å². The second kappa shape index (κ2) is 8.87. The lowest BCUT2D eigenvalue weighted by atomic mass is 10.1. The quantitative estimate of drug-likeness (QED) is 0.193. The van der Waals surface area contributed by atoms with Crippen LogP contribution in [-0.4, -0.2) is 25.3 Å². The van der Waals surface area contributed by atoms with Gasteiger partial charge in [-0.3, -0.25) is 0 Å². The van der Waals surface area contributed by atoms with Gasteiger partial charge in [-0.25, -0.2) is 13.6 Å². The zero-order valence-electron chi connectivity index (χ0n) is 14.1. The molecule has 0 aliphatic carbocycles. The van der Waals surface area contributed by atoms with Crippen LogP contribution >= 0.6 is 35.2 Å². The molecular formula is C18H13F4IO4S. The molecular weight excluding hydrogens is 515 g/mol. The fourth-order valence-corrected chi connectivity index (χ4v) is 3.25. The minimum Gasteiger partial charge on any atom is -0.458 e. The van der Waals surface area contributed by atoms with Gasteiger partial charge >= 0.3 is 5.97 Å². The summed E-state index contributed by atoms with van der Waals surface area (Å²) in [5.74, 6) is -9.32. The average molecular weight is 528 g/mol. The van der Waals surface area contributed by atoms with Crippen LogP contribution in [0.4, 0.5) is 17.6 Å². The summed E-state index contributed by atoms with van der Waals surface area (Å²) in [6.07, 6.45) is 0.642. The van der Waals surface area contributed by atoms with Crippen LogP contribution in [0, 0.1) is 26.8 Å². The molecule has 10 heteroatoms. The van der Waals surface area contributed by atoms with Crippen molar-refractivity contribution in [3.63, 3.8) is 0 Å². The highest BCUT2D eigenvalue weighted by molar-refractivity contribution is 14.1. The van der Waals surface area contributed by atoms with Crippen molar-refractivity contribution >= 4 is 41.2 Å². The molecule has 0 spiro atoms. The van der Waals surface area contributed by atoms with Gasteiger partial charge in [-0.05, 0) is 40.8 Å². The van der Waals surface area contributed by atoms with Crippen LogP contribution in [0.3, 0.4) is 0 Å². The van der Waals surface area contributed by atoms with Crippen LogP contribution in [0.25, 0.3) is 0 Å². The third-order valence-corrected chi connectivity index (χ3v) is 5.08. The second-order valence-electron chi connectivity index (χ2n) is 5.89. The highest BCUT2D eigenvalue weighted by Crippen LogP contribution is 2.36. The van der Waals surface area contributed by atoms with E-state index in [1.165, 1.54) is 18.2 Å². The molecule has 0 atom stereocenters. The van der Waals surface area contributed by atoms with Crippen molar-refractivity contribution in [1.82, 2.24) is 0 Å². The van der Waals surface area contributed by atoms with Crippen LogP contribution in [0.15, 0.2) is 23.1 Å². The van der Waals surface area contributed by atoms with Gasteiger partial charge in [-0.15, -0.1) is 12.6 Å². The van der Waals surface area contributed by atoms with Gasteiger partial charge in [0, 0.05) is 16.4 Å². The van der Waals surface area contributed by atoms with E-state index >= 15 is 0 Å². The number of hydrogen-bond acceptors (Lipinski definition) is 5. The Labute approximate surface area is 176 Å². The molecule has 28 heavy (non-hydrogen) atoms. The Hall–Kier alpha value is -1.53. The van der Waals surface area contributed by atoms with Crippen LogP contribution in [-0.2, 0) is 9.47 Å². The fourth-order valence-electron chi connectivity index (χ4n) is 2.56. The number of carbonyl (C=O) groups excluding carboxylic acids is 1. The Balaban J connectivity index is 1.94. The first-order valence-corrected chi connectivity index (χ1v) is 9.63. The first-order chi connectivity index (χ1) is 13.3. The van der Waals surface area contributed by atoms with Crippen molar-refractivity contribution in [2.24, 2.45) is 0 Å². The first-order valence-electron chi connectivity index (χ1n) is 8.10. The monoisotopic (exact) mass is 528 g/mol. The van der Waals surface area contributed by atoms with Crippen molar-refractivity contribution in [3.8, 4) is 11.5 Å². The molecule has 1 aliphatic heterocycles. The van der Waals surface area contributed by atoms with E-state index in [0.717, 1.165) is 0 Å². The van der Waals surface area contributed by atoms with E-state index in [1.54, 1.807) is 0 Å². The molecule has 3 rings (SSSR count). The Kier molecular flexibility index (Phi) is 6.71. The Morgan fingerprint density at radius 2 is 1.68 bits per heavy atom. The molecule has 0 aromatic heterocycles. The number of ether oxygens (including phenoxy) is 3. The Morgan fingerprint density at radius 3 is 2.29 bits per heavy atom. The number of carbonyl (C=O) groups is 1. The van der Waals surface area contributed by atoms with E-state index in [2.05, 4.69) is 12.6 Å². The van der Waals surface area contributed by atoms with Crippen molar-refractivity contribution in [2.45, 2.75) is 23.8 Å². The smallest absolute Gasteiger partial charge is 0.342 e. The predicted molar refractivity (Wildman–Crippen MR) is 102 cm³/mol. The van der Waals surface area contributed by atoms with Crippen molar-refractivity contribution in [3.05, 3.63) is 50.6 Å². The lowest BCUT2D eigenvalue weighted by Gasteiger charge is -2.22. The Morgan fingerprint density at radius 1 is 1.07 bits per heavy atom. The highest BCUT2D eigenvalue weighted by atomic mass is 127. The minimum atomic E-state index is -1.76. The summed E-state index contributed by atoms with van der Waals surface area (Å²) in [5.41, 5.74) is -0.132. The predicted octanol–water partition coefficient (Wildman–Crippen LogP) is 5.26. The van der Waals surface area contributed by atoms with Crippen molar-refractivity contribution in [2.75, 3.05) is 13.2 Å². The molecule has 1 heterocycles. The molecule has 2 aromatic carbocycles. The molecule has 0 unspecified atom stereocenters. The summed E-state index contributed by atoms with van der Waals surface area (Å²) in [7, 11) is 0. The fraction of sp³-hybridized carbons (Fsp3) is 0.278. The van der Waals surface area contributed by atoms with E-state index in [1.807, 2.05) is 22.6 Å². The summed E-state index contributed by atoms with van der Waals surface area (Å²) >= 11 is 5.32. The first kappa shape index (κ1) is 21.2. The van der Waals surface area contributed by atoms with Gasteiger partial charge in [0.25, 0.3) is 0 Å². The lowest BCUT2D eigenvalue weighted by Crippen LogP contribution is -2.26. The lowest BCUT2D eigenvalue weighted by molar-refractivity contribution is -0.0160. The topological polar surface area (TPSA) is 44.8 Å². The molecule has 0 amide bonds. The molecule has 150 valence electrons. The molecule has 0 bridgehead atoms. The zero-order chi connectivity index (χ0) is 20.4. The van der Waals surface area contributed by atoms with Gasteiger partial charge in [-0.2, -0.15) is 8.78 Å². The van der Waals surface area contributed by atoms with Gasteiger partial charge in [0.1, 0.15) is 17.4 Å². The molecule has 0 N–H and O–H groups in total. The molecule has 4 nitrogen and oxygen atoms in total. The minimum absolute atomic E-state index is 0.132. The van der Waals surface area contributed by atoms with Crippen LogP contribution in [0.2, 0.25) is 0 Å². The molecule has 0 radical (unpaired) electrons. The second-order valence-corrected chi connectivity index (χ2v) is 7.59. The van der Waals surface area contributed by atoms with Crippen molar-refractivity contribution in [1.29, 1.82) is 0 Å². The Bertz CT molecular complexity index is 890. The van der Waals surface area contributed by atoms with Crippen LogP contribution in [0.5, 0.6) is 11.5 Å². The molecule has 1 fully saturated rings. The number of rotatable bonds is 4. The van der Waals surface area contributed by atoms with Gasteiger partial charge < -0.3 is 14.2 Å². The number of esters is 1. The van der Waals surface area contributed by atoms with Crippen molar-refractivity contribution < 1.29 is 36.6 Å². The summed E-state index contributed by atoms with van der Waals surface area (Å²) < 4.78 is 71.9. The SMILES string of the molecule is O=C(OC1CCOCC1)c1cc(I)ccc1Oc1c(F)c(F)c(S)c(F)c1F.